The first-order chi connectivity index (χ1) is 11.5. The maximum atomic E-state index is 13.1. The maximum absolute atomic E-state index is 13.1. The van der Waals surface area contributed by atoms with Crippen LogP contribution in [0.1, 0.15) is 5.56 Å². The van der Waals surface area contributed by atoms with Gasteiger partial charge in [-0.25, -0.2) is 13.6 Å². The third-order valence-electron chi connectivity index (χ3n) is 3.18. The van der Waals surface area contributed by atoms with Gasteiger partial charge in [-0.1, -0.05) is 30.3 Å². The summed E-state index contributed by atoms with van der Waals surface area (Å²) in [6.45, 7) is 0. The van der Waals surface area contributed by atoms with E-state index in [2.05, 4.69) is 5.32 Å². The number of carboxylic acid groups (broad SMARTS) is 1. The Balaban J connectivity index is 1.90. The first-order valence-corrected chi connectivity index (χ1v) is 8.08. The van der Waals surface area contributed by atoms with Crippen molar-refractivity contribution in [2.24, 2.45) is 0 Å². The van der Waals surface area contributed by atoms with Crippen molar-refractivity contribution in [3.63, 3.8) is 0 Å². The summed E-state index contributed by atoms with van der Waals surface area (Å²) in [5.41, 5.74) is 0.790. The molecule has 126 valence electrons. The molecular formula is C17H15F2NO3S. The van der Waals surface area contributed by atoms with Gasteiger partial charge in [0.15, 0.2) is 11.6 Å². The summed E-state index contributed by atoms with van der Waals surface area (Å²) < 4.78 is 25.9. The molecule has 2 aromatic rings. The molecule has 1 unspecified atom stereocenters. The van der Waals surface area contributed by atoms with E-state index in [1.54, 1.807) is 24.3 Å². The van der Waals surface area contributed by atoms with E-state index >= 15 is 0 Å². The van der Waals surface area contributed by atoms with Gasteiger partial charge in [-0.2, -0.15) is 0 Å². The monoisotopic (exact) mass is 351 g/mol. The Kier molecular flexibility index (Phi) is 6.31. The molecule has 0 bridgehead atoms. The SMILES string of the molecule is O=C(CSc1ccc(F)c(F)c1)NC(Cc1ccccc1)C(=O)O. The molecule has 2 aromatic carbocycles. The molecule has 0 radical (unpaired) electrons. The topological polar surface area (TPSA) is 66.4 Å². The number of carboxylic acids is 1. The molecule has 0 spiro atoms. The van der Waals surface area contributed by atoms with Crippen molar-refractivity contribution < 1.29 is 23.5 Å². The summed E-state index contributed by atoms with van der Waals surface area (Å²) in [6.07, 6.45) is 0.164. The molecule has 0 aliphatic heterocycles. The van der Waals surface area contributed by atoms with Crippen LogP contribution in [0.2, 0.25) is 0 Å². The van der Waals surface area contributed by atoms with Crippen LogP contribution in [0.4, 0.5) is 8.78 Å². The molecule has 0 heterocycles. The molecule has 2 N–H and O–H groups in total. The number of hydrogen-bond donors (Lipinski definition) is 2. The van der Waals surface area contributed by atoms with Crippen molar-refractivity contribution in [1.29, 1.82) is 0 Å². The highest BCUT2D eigenvalue weighted by atomic mass is 32.2. The standard InChI is InChI=1S/C17H15F2NO3S/c18-13-7-6-12(9-14(13)19)24-10-16(21)20-15(17(22)23)8-11-4-2-1-3-5-11/h1-7,9,15H,8,10H2,(H,20,21)(H,22,23). The lowest BCUT2D eigenvalue weighted by Crippen LogP contribution is -2.43. The number of aliphatic carboxylic acids is 1. The molecule has 0 saturated carbocycles. The summed E-state index contributed by atoms with van der Waals surface area (Å²) in [5.74, 6) is -3.67. The zero-order valence-corrected chi connectivity index (χ0v) is 13.4. The van der Waals surface area contributed by atoms with Crippen molar-refractivity contribution in [3.05, 3.63) is 65.7 Å². The number of nitrogens with one attached hydrogen (secondary N) is 1. The van der Waals surface area contributed by atoms with E-state index in [1.165, 1.54) is 6.07 Å². The fourth-order valence-corrected chi connectivity index (χ4v) is 2.73. The number of hydrogen-bond acceptors (Lipinski definition) is 3. The van der Waals surface area contributed by atoms with Crippen molar-refractivity contribution in [2.45, 2.75) is 17.4 Å². The van der Waals surface area contributed by atoms with E-state index in [-0.39, 0.29) is 12.2 Å². The zero-order chi connectivity index (χ0) is 17.5. The van der Waals surface area contributed by atoms with E-state index in [9.17, 15) is 23.5 Å². The van der Waals surface area contributed by atoms with Gasteiger partial charge in [0.05, 0.1) is 5.75 Å². The third-order valence-corrected chi connectivity index (χ3v) is 4.17. The van der Waals surface area contributed by atoms with Crippen LogP contribution >= 0.6 is 11.8 Å². The molecule has 0 fully saturated rings. The van der Waals surface area contributed by atoms with Crippen LogP contribution in [0.15, 0.2) is 53.4 Å². The lowest BCUT2D eigenvalue weighted by atomic mass is 10.1. The van der Waals surface area contributed by atoms with E-state index in [1.807, 2.05) is 6.07 Å². The van der Waals surface area contributed by atoms with Crippen LogP contribution in [0.5, 0.6) is 0 Å². The Labute approximate surface area is 141 Å². The molecule has 24 heavy (non-hydrogen) atoms. The molecule has 0 aliphatic rings. The van der Waals surface area contributed by atoms with Gasteiger partial charge in [0.1, 0.15) is 6.04 Å². The first-order valence-electron chi connectivity index (χ1n) is 7.09. The smallest absolute Gasteiger partial charge is 0.326 e. The van der Waals surface area contributed by atoms with Crippen LogP contribution in [0.25, 0.3) is 0 Å². The summed E-state index contributed by atoms with van der Waals surface area (Å²) in [5, 5.41) is 11.7. The number of rotatable bonds is 7. The Morgan fingerprint density at radius 1 is 1.08 bits per heavy atom. The number of carbonyl (C=O) groups is 2. The van der Waals surface area contributed by atoms with Gasteiger partial charge in [-0.15, -0.1) is 11.8 Å². The molecule has 1 atom stereocenters. The summed E-state index contributed by atoms with van der Waals surface area (Å²) in [6, 6.07) is 11.2. The van der Waals surface area contributed by atoms with E-state index < -0.39 is 29.6 Å². The van der Waals surface area contributed by atoms with Gasteiger partial charge in [-0.3, -0.25) is 4.79 Å². The van der Waals surface area contributed by atoms with E-state index in [4.69, 9.17) is 0 Å². The second kappa shape index (κ2) is 8.44. The molecule has 2 rings (SSSR count). The fourth-order valence-electron chi connectivity index (χ4n) is 2.00. The van der Waals surface area contributed by atoms with Crippen LogP contribution < -0.4 is 5.32 Å². The number of halogens is 2. The summed E-state index contributed by atoms with van der Waals surface area (Å²) in [7, 11) is 0. The highest BCUT2D eigenvalue weighted by molar-refractivity contribution is 8.00. The highest BCUT2D eigenvalue weighted by Gasteiger charge is 2.20. The molecule has 7 heteroatoms. The number of benzene rings is 2. The molecular weight excluding hydrogens is 336 g/mol. The quantitative estimate of drug-likeness (QED) is 0.753. The first kappa shape index (κ1) is 17.9. The molecule has 0 aliphatic carbocycles. The Morgan fingerprint density at radius 2 is 1.79 bits per heavy atom. The van der Waals surface area contributed by atoms with E-state index in [0.717, 1.165) is 29.5 Å². The molecule has 4 nitrogen and oxygen atoms in total. The van der Waals surface area contributed by atoms with Crippen molar-refractivity contribution in [1.82, 2.24) is 5.32 Å². The van der Waals surface area contributed by atoms with Gasteiger partial charge < -0.3 is 10.4 Å². The number of thioether (sulfide) groups is 1. The minimum Gasteiger partial charge on any atom is -0.480 e. The Bertz CT molecular complexity index is 725. The van der Waals surface area contributed by atoms with Gasteiger partial charge in [-0.05, 0) is 23.8 Å². The Hall–Kier alpha value is -2.41. The minimum atomic E-state index is -1.13. The highest BCUT2D eigenvalue weighted by Crippen LogP contribution is 2.20. The average molecular weight is 351 g/mol. The number of carbonyl (C=O) groups excluding carboxylic acids is 1. The molecule has 0 aromatic heterocycles. The second-order valence-corrected chi connectivity index (χ2v) is 6.06. The maximum Gasteiger partial charge on any atom is 0.326 e. The lowest BCUT2D eigenvalue weighted by Gasteiger charge is -2.14. The molecule has 0 saturated heterocycles. The number of amides is 1. The van der Waals surface area contributed by atoms with Crippen LogP contribution in [0, 0.1) is 11.6 Å². The predicted octanol–water partition coefficient (Wildman–Crippen LogP) is 2.87. The lowest BCUT2D eigenvalue weighted by molar-refractivity contribution is -0.141. The average Bonchev–Trinajstić information content (AvgIpc) is 2.56. The summed E-state index contributed by atoms with van der Waals surface area (Å²) >= 11 is 1.000. The van der Waals surface area contributed by atoms with Crippen LogP contribution in [-0.2, 0) is 16.0 Å². The van der Waals surface area contributed by atoms with Crippen molar-refractivity contribution >= 4 is 23.6 Å². The van der Waals surface area contributed by atoms with Gasteiger partial charge >= 0.3 is 5.97 Å². The summed E-state index contributed by atoms with van der Waals surface area (Å²) in [4.78, 5) is 23.6. The molecule has 1 amide bonds. The van der Waals surface area contributed by atoms with E-state index in [0.29, 0.717) is 4.90 Å². The predicted molar refractivity (Wildman–Crippen MR) is 86.8 cm³/mol. The van der Waals surface area contributed by atoms with Gasteiger partial charge in [0.2, 0.25) is 5.91 Å². The van der Waals surface area contributed by atoms with Crippen LogP contribution in [0.3, 0.4) is 0 Å². The minimum absolute atomic E-state index is 0.0936. The van der Waals surface area contributed by atoms with Crippen LogP contribution in [-0.4, -0.2) is 28.8 Å². The fraction of sp³-hybridized carbons (Fsp3) is 0.176. The van der Waals surface area contributed by atoms with Gasteiger partial charge in [0, 0.05) is 11.3 Å². The van der Waals surface area contributed by atoms with Gasteiger partial charge in [0.25, 0.3) is 0 Å². The van der Waals surface area contributed by atoms with Crippen molar-refractivity contribution in [3.8, 4) is 0 Å². The van der Waals surface area contributed by atoms with Crippen molar-refractivity contribution in [2.75, 3.05) is 5.75 Å². The third kappa shape index (κ3) is 5.34. The normalized spacial score (nSPS) is 11.8. The second-order valence-electron chi connectivity index (χ2n) is 5.01. The zero-order valence-electron chi connectivity index (χ0n) is 12.5. The Morgan fingerprint density at radius 3 is 2.42 bits per heavy atom. The largest absolute Gasteiger partial charge is 0.480 e.